The molecule has 4 aromatic rings. The summed E-state index contributed by atoms with van der Waals surface area (Å²) in [6.45, 7) is 1.68. The van der Waals surface area contributed by atoms with Crippen LogP contribution in [0.2, 0.25) is 0 Å². The molecule has 2 aliphatic carbocycles. The molecule has 2 unspecified atom stereocenters. The van der Waals surface area contributed by atoms with Crippen LogP contribution < -0.4 is 10.5 Å². The number of aromatic nitrogens is 4. The summed E-state index contributed by atoms with van der Waals surface area (Å²) < 4.78 is 10.2. The first kappa shape index (κ1) is 23.3. The van der Waals surface area contributed by atoms with E-state index in [1.54, 1.807) is 7.11 Å². The Morgan fingerprint density at radius 1 is 1.19 bits per heavy atom. The summed E-state index contributed by atoms with van der Waals surface area (Å²) in [4.78, 5) is 25.2. The van der Waals surface area contributed by atoms with Gasteiger partial charge < -0.3 is 24.5 Å². The molecule has 1 amide bonds. The lowest BCUT2D eigenvalue weighted by atomic mass is 10.1. The molecule has 8 nitrogen and oxygen atoms in total. The first-order valence-electron chi connectivity index (χ1n) is 12.6. The van der Waals surface area contributed by atoms with Gasteiger partial charge in [0.15, 0.2) is 5.82 Å². The van der Waals surface area contributed by atoms with E-state index in [9.17, 15) is 4.79 Å². The van der Waals surface area contributed by atoms with Crippen molar-refractivity contribution in [2.75, 3.05) is 13.7 Å². The minimum atomic E-state index is 0. The Labute approximate surface area is 215 Å². The van der Waals surface area contributed by atoms with E-state index < -0.39 is 0 Å². The van der Waals surface area contributed by atoms with Gasteiger partial charge >= 0.3 is 0 Å². The highest BCUT2D eigenvalue weighted by Crippen LogP contribution is 2.40. The summed E-state index contributed by atoms with van der Waals surface area (Å²) in [5, 5.41) is 1.11. The average molecular weight is 507 g/mol. The van der Waals surface area contributed by atoms with E-state index in [4.69, 9.17) is 15.5 Å². The van der Waals surface area contributed by atoms with Gasteiger partial charge in [-0.1, -0.05) is 0 Å². The highest BCUT2D eigenvalue weighted by molar-refractivity contribution is 6.00. The molecule has 3 atom stereocenters. The third-order valence-electron chi connectivity index (χ3n) is 8.34. The maximum Gasteiger partial charge on any atom is 0.254 e. The van der Waals surface area contributed by atoms with Crippen molar-refractivity contribution >= 4 is 40.4 Å². The smallest absolute Gasteiger partial charge is 0.254 e. The molecule has 3 aromatic heterocycles. The zero-order valence-electron chi connectivity index (χ0n) is 20.6. The summed E-state index contributed by atoms with van der Waals surface area (Å²) in [6.07, 6.45) is 6.48. The van der Waals surface area contributed by atoms with Gasteiger partial charge in [-0.25, -0.2) is 9.97 Å². The molecule has 188 valence electrons. The number of fused-ring (bicyclic) bond motifs is 4. The minimum absolute atomic E-state index is 0. The largest absolute Gasteiger partial charge is 0.494 e. The van der Waals surface area contributed by atoms with Gasteiger partial charge in [0.2, 0.25) is 0 Å². The number of methoxy groups -OCH3 is 1. The van der Waals surface area contributed by atoms with Gasteiger partial charge in [0, 0.05) is 49.4 Å². The summed E-state index contributed by atoms with van der Waals surface area (Å²) >= 11 is 0. The minimum Gasteiger partial charge on any atom is -0.494 e. The average Bonchev–Trinajstić information content (AvgIpc) is 3.27. The number of hydrogen-bond donors (Lipinski definition) is 1. The SMILES string of the molecule is COc1cc(C(=O)N2CC3CCC2[C@@H]3N)cc2nc(-c3cc4cccnc4n3CC3CC3)n(C)c12.Cl. The number of nitrogens with two attached hydrogens (primary N) is 1. The molecule has 2 N–H and O–H groups in total. The number of hydrogen-bond acceptors (Lipinski definition) is 5. The number of imidazole rings is 1. The Morgan fingerprint density at radius 3 is 2.72 bits per heavy atom. The fourth-order valence-corrected chi connectivity index (χ4v) is 6.28. The second-order valence-electron chi connectivity index (χ2n) is 10.5. The van der Waals surface area contributed by atoms with Gasteiger partial charge in [-0.15, -0.1) is 12.4 Å². The number of amides is 1. The normalized spacial score (nSPS) is 23.0. The number of rotatable bonds is 5. The predicted octanol–water partition coefficient (Wildman–Crippen LogP) is 3.99. The number of nitrogens with zero attached hydrogens (tertiary/aromatic N) is 5. The topological polar surface area (TPSA) is 91.2 Å². The van der Waals surface area contributed by atoms with Crippen LogP contribution in [0.3, 0.4) is 0 Å². The zero-order valence-corrected chi connectivity index (χ0v) is 21.4. The number of likely N-dealkylation sites (tertiary alicyclic amines) is 1. The molecule has 1 aliphatic heterocycles. The molecule has 9 heteroatoms. The molecule has 3 fully saturated rings. The van der Waals surface area contributed by atoms with Gasteiger partial charge in [0.1, 0.15) is 16.9 Å². The van der Waals surface area contributed by atoms with E-state index in [2.05, 4.69) is 26.3 Å². The second kappa shape index (κ2) is 8.49. The van der Waals surface area contributed by atoms with Crippen molar-refractivity contribution < 1.29 is 9.53 Å². The number of carbonyl (C=O) groups excluding carboxylic acids is 1. The molecule has 36 heavy (non-hydrogen) atoms. The summed E-state index contributed by atoms with van der Waals surface area (Å²) in [5.74, 6) is 2.64. The van der Waals surface area contributed by atoms with Crippen LogP contribution in [0.4, 0.5) is 0 Å². The molecule has 7 rings (SSSR count). The maximum atomic E-state index is 13.5. The monoisotopic (exact) mass is 506 g/mol. The highest BCUT2D eigenvalue weighted by Gasteiger charge is 2.47. The second-order valence-corrected chi connectivity index (χ2v) is 10.5. The molecule has 0 spiro atoms. The number of pyridine rings is 1. The summed E-state index contributed by atoms with van der Waals surface area (Å²) in [7, 11) is 3.66. The molecular formula is C27H31ClN6O2. The van der Waals surface area contributed by atoms with Gasteiger partial charge in [-0.05, 0) is 67.9 Å². The lowest BCUT2D eigenvalue weighted by molar-refractivity contribution is 0.0700. The number of carbonyl (C=O) groups is 1. The molecule has 4 heterocycles. The van der Waals surface area contributed by atoms with E-state index in [-0.39, 0.29) is 30.4 Å². The molecule has 1 saturated heterocycles. The van der Waals surface area contributed by atoms with Gasteiger partial charge in [0.05, 0.1) is 18.3 Å². The quantitative estimate of drug-likeness (QED) is 0.442. The lowest BCUT2D eigenvalue weighted by Gasteiger charge is -2.27. The molecule has 1 aromatic carbocycles. The zero-order chi connectivity index (χ0) is 23.8. The number of piperidine rings is 1. The van der Waals surface area contributed by atoms with Crippen molar-refractivity contribution in [2.24, 2.45) is 24.6 Å². The lowest BCUT2D eigenvalue weighted by Crippen LogP contribution is -2.41. The third kappa shape index (κ3) is 3.42. The van der Waals surface area contributed by atoms with Crippen molar-refractivity contribution in [1.82, 2.24) is 24.0 Å². The van der Waals surface area contributed by atoms with Crippen LogP contribution in [-0.2, 0) is 13.6 Å². The molecule has 0 radical (unpaired) electrons. The number of aryl methyl sites for hydroxylation is 1. The fourth-order valence-electron chi connectivity index (χ4n) is 6.28. The maximum absolute atomic E-state index is 13.5. The summed E-state index contributed by atoms with van der Waals surface area (Å²) in [6, 6.07) is 10.2. The Morgan fingerprint density at radius 2 is 2.03 bits per heavy atom. The highest BCUT2D eigenvalue weighted by atomic mass is 35.5. The molecule has 3 aliphatic rings. The number of halogens is 1. The van der Waals surface area contributed by atoms with Crippen LogP contribution in [0.5, 0.6) is 5.75 Å². The van der Waals surface area contributed by atoms with E-state index in [0.717, 1.165) is 59.5 Å². The number of benzene rings is 1. The Hall–Kier alpha value is -3.10. The number of ether oxygens (including phenoxy) is 1. The van der Waals surface area contributed by atoms with Crippen molar-refractivity contribution in [3.8, 4) is 17.3 Å². The van der Waals surface area contributed by atoms with E-state index in [1.807, 2.05) is 36.3 Å². The fraction of sp³-hybridized carbons (Fsp3) is 0.444. The first-order chi connectivity index (χ1) is 17.0. The van der Waals surface area contributed by atoms with Crippen molar-refractivity contribution in [1.29, 1.82) is 0 Å². The summed E-state index contributed by atoms with van der Waals surface area (Å²) in [5.41, 5.74) is 10.7. The van der Waals surface area contributed by atoms with Crippen LogP contribution in [0.1, 0.15) is 36.0 Å². The molecular weight excluding hydrogens is 476 g/mol. The first-order valence-corrected chi connectivity index (χ1v) is 12.6. The molecule has 2 bridgehead atoms. The van der Waals surface area contributed by atoms with Crippen LogP contribution in [0.25, 0.3) is 33.6 Å². The van der Waals surface area contributed by atoms with Crippen LogP contribution >= 0.6 is 12.4 Å². The van der Waals surface area contributed by atoms with Crippen molar-refractivity contribution in [3.05, 3.63) is 42.1 Å². The third-order valence-corrected chi connectivity index (χ3v) is 8.34. The Balaban J connectivity index is 0.00000240. The van der Waals surface area contributed by atoms with Gasteiger partial charge in [-0.2, -0.15) is 0 Å². The van der Waals surface area contributed by atoms with Gasteiger partial charge in [-0.3, -0.25) is 4.79 Å². The van der Waals surface area contributed by atoms with Gasteiger partial charge in [0.25, 0.3) is 5.91 Å². The van der Waals surface area contributed by atoms with E-state index in [0.29, 0.717) is 23.1 Å². The predicted molar refractivity (Wildman–Crippen MR) is 141 cm³/mol. The van der Waals surface area contributed by atoms with E-state index in [1.165, 1.54) is 12.8 Å². The van der Waals surface area contributed by atoms with Crippen LogP contribution in [-0.4, -0.2) is 55.6 Å². The standard InChI is InChI=1S/C27H30N6O2.ClH/c1-31-24-19(10-18(12-22(24)35-2)27(34)33-14-17-7-8-20(33)23(17)28)30-26(31)21-11-16-4-3-9-29-25(16)32(21)13-15-5-6-15;/h3-4,9-12,15,17,20,23H,5-8,13-14,28H2,1-2H3;1H/t17?,20?,23-;/m1./s1. The van der Waals surface area contributed by atoms with Crippen molar-refractivity contribution in [2.45, 2.75) is 44.3 Å². The Kier molecular flexibility index (Phi) is 5.50. The Bertz CT molecular complexity index is 1490. The van der Waals surface area contributed by atoms with Crippen LogP contribution in [0, 0.1) is 11.8 Å². The van der Waals surface area contributed by atoms with Crippen LogP contribution in [0.15, 0.2) is 36.5 Å². The van der Waals surface area contributed by atoms with E-state index >= 15 is 0 Å². The van der Waals surface area contributed by atoms with Crippen molar-refractivity contribution in [3.63, 3.8) is 0 Å². The molecule has 2 saturated carbocycles.